The molecule has 4 rings (SSSR count). The maximum atomic E-state index is 5.76. The van der Waals surface area contributed by atoms with Crippen LogP contribution in [0.5, 0.6) is 0 Å². The molecule has 0 spiro atoms. The van der Waals surface area contributed by atoms with E-state index in [1.165, 1.54) is 25.7 Å². The summed E-state index contributed by atoms with van der Waals surface area (Å²) in [7, 11) is 1.86. The predicted octanol–water partition coefficient (Wildman–Crippen LogP) is 3.01. The van der Waals surface area contributed by atoms with Crippen LogP contribution < -0.4 is 4.90 Å². The van der Waals surface area contributed by atoms with E-state index in [1.807, 2.05) is 7.11 Å². The summed E-state index contributed by atoms with van der Waals surface area (Å²) in [6.07, 6.45) is 5.08. The first-order valence-corrected chi connectivity index (χ1v) is 11.3. The van der Waals surface area contributed by atoms with Gasteiger partial charge in [-0.15, -0.1) is 10.2 Å². The second kappa shape index (κ2) is 8.31. The lowest BCUT2D eigenvalue weighted by atomic mass is 9.62. The van der Waals surface area contributed by atoms with Gasteiger partial charge in [-0.3, -0.25) is 4.90 Å². The molecule has 0 aromatic carbocycles. The number of piperidine rings is 1. The number of hydrogen-bond acceptors (Lipinski definition) is 7. The molecule has 3 aliphatic rings. The first-order chi connectivity index (χ1) is 13.1. The summed E-state index contributed by atoms with van der Waals surface area (Å²) >= 11 is 1.77. The summed E-state index contributed by atoms with van der Waals surface area (Å²) in [6.45, 7) is 11.4. The Balaban J connectivity index is 1.47. The molecule has 3 fully saturated rings. The van der Waals surface area contributed by atoms with Crippen LogP contribution in [0.2, 0.25) is 0 Å². The highest BCUT2D eigenvalue weighted by atomic mass is 32.1. The SMILES string of the molecule is COC[C@@]12CC[C@@H](N3CCOCC3)C[C@H]1CCN(c1nnc(C(C)C)s1)C2. The van der Waals surface area contributed by atoms with Crippen molar-refractivity contribution in [2.45, 2.75) is 51.5 Å². The molecular weight excluding hydrogens is 360 g/mol. The second-order valence-corrected chi connectivity index (χ2v) is 9.84. The fourth-order valence-corrected chi connectivity index (χ4v) is 6.18. The third-order valence-corrected chi connectivity index (χ3v) is 8.12. The van der Waals surface area contributed by atoms with E-state index >= 15 is 0 Å². The molecule has 27 heavy (non-hydrogen) atoms. The number of nitrogens with zero attached hydrogens (tertiary/aromatic N) is 4. The van der Waals surface area contributed by atoms with Crippen molar-refractivity contribution in [2.75, 3.05) is 58.0 Å². The molecule has 7 heteroatoms. The van der Waals surface area contributed by atoms with Gasteiger partial charge in [0.2, 0.25) is 5.13 Å². The fraction of sp³-hybridized carbons (Fsp3) is 0.900. The normalized spacial score (nSPS) is 32.7. The molecule has 152 valence electrons. The number of fused-ring (bicyclic) bond motifs is 1. The molecule has 1 aliphatic carbocycles. The molecule has 6 nitrogen and oxygen atoms in total. The Kier molecular flexibility index (Phi) is 6.02. The zero-order valence-electron chi connectivity index (χ0n) is 17.0. The van der Waals surface area contributed by atoms with E-state index in [4.69, 9.17) is 9.47 Å². The third kappa shape index (κ3) is 4.02. The van der Waals surface area contributed by atoms with Crippen molar-refractivity contribution >= 4 is 16.5 Å². The zero-order valence-corrected chi connectivity index (χ0v) is 17.8. The van der Waals surface area contributed by atoms with Crippen LogP contribution in [0.25, 0.3) is 0 Å². The van der Waals surface area contributed by atoms with Gasteiger partial charge in [0.15, 0.2) is 0 Å². The average Bonchev–Trinajstić information content (AvgIpc) is 3.19. The lowest BCUT2D eigenvalue weighted by Crippen LogP contribution is -2.57. The Morgan fingerprint density at radius 2 is 2.04 bits per heavy atom. The lowest BCUT2D eigenvalue weighted by molar-refractivity contribution is -0.0539. The van der Waals surface area contributed by atoms with Gasteiger partial charge in [0.1, 0.15) is 5.01 Å². The van der Waals surface area contributed by atoms with Crippen molar-refractivity contribution in [3.63, 3.8) is 0 Å². The Hall–Kier alpha value is -0.760. The third-order valence-electron chi connectivity index (χ3n) is 6.84. The molecular formula is C20H34N4O2S. The number of morpholine rings is 1. The summed E-state index contributed by atoms with van der Waals surface area (Å²) < 4.78 is 11.3. The summed E-state index contributed by atoms with van der Waals surface area (Å²) in [5.74, 6) is 1.19. The van der Waals surface area contributed by atoms with Crippen molar-refractivity contribution < 1.29 is 9.47 Å². The van der Waals surface area contributed by atoms with Crippen LogP contribution in [0.1, 0.15) is 50.5 Å². The summed E-state index contributed by atoms with van der Waals surface area (Å²) in [5, 5.41) is 11.2. The van der Waals surface area contributed by atoms with Crippen LogP contribution in [-0.2, 0) is 9.47 Å². The highest BCUT2D eigenvalue weighted by Crippen LogP contribution is 2.48. The maximum absolute atomic E-state index is 5.76. The minimum Gasteiger partial charge on any atom is -0.384 e. The molecule has 2 aliphatic heterocycles. The number of rotatable bonds is 5. The van der Waals surface area contributed by atoms with Crippen molar-refractivity contribution in [1.82, 2.24) is 15.1 Å². The van der Waals surface area contributed by atoms with E-state index in [0.29, 0.717) is 5.92 Å². The van der Waals surface area contributed by atoms with Gasteiger partial charge < -0.3 is 14.4 Å². The predicted molar refractivity (Wildman–Crippen MR) is 109 cm³/mol. The number of ether oxygens (including phenoxy) is 2. The Labute approximate surface area is 167 Å². The van der Waals surface area contributed by atoms with Gasteiger partial charge in [0, 0.05) is 50.7 Å². The molecule has 1 aromatic rings. The van der Waals surface area contributed by atoms with E-state index in [9.17, 15) is 0 Å². The van der Waals surface area contributed by atoms with Gasteiger partial charge >= 0.3 is 0 Å². The molecule has 1 aromatic heterocycles. The number of hydrogen-bond donors (Lipinski definition) is 0. The first-order valence-electron chi connectivity index (χ1n) is 10.5. The minimum absolute atomic E-state index is 0.263. The molecule has 3 heterocycles. The molecule has 2 saturated heterocycles. The topological polar surface area (TPSA) is 50.7 Å². The van der Waals surface area contributed by atoms with Gasteiger partial charge in [0.25, 0.3) is 0 Å². The quantitative estimate of drug-likeness (QED) is 0.765. The molecule has 0 radical (unpaired) electrons. The Morgan fingerprint density at radius 1 is 1.22 bits per heavy atom. The van der Waals surface area contributed by atoms with E-state index in [-0.39, 0.29) is 5.41 Å². The van der Waals surface area contributed by atoms with Crippen LogP contribution in [0, 0.1) is 11.3 Å². The van der Waals surface area contributed by atoms with Gasteiger partial charge in [-0.25, -0.2) is 0 Å². The van der Waals surface area contributed by atoms with Crippen molar-refractivity contribution in [3.05, 3.63) is 5.01 Å². The highest BCUT2D eigenvalue weighted by molar-refractivity contribution is 7.15. The average molecular weight is 395 g/mol. The molecule has 0 bridgehead atoms. The summed E-state index contributed by atoms with van der Waals surface area (Å²) in [5.41, 5.74) is 0.263. The van der Waals surface area contributed by atoms with Crippen LogP contribution in [0.15, 0.2) is 0 Å². The Morgan fingerprint density at radius 3 is 2.74 bits per heavy atom. The van der Waals surface area contributed by atoms with E-state index in [2.05, 4.69) is 33.8 Å². The van der Waals surface area contributed by atoms with E-state index < -0.39 is 0 Å². The van der Waals surface area contributed by atoms with Gasteiger partial charge in [0.05, 0.1) is 19.8 Å². The van der Waals surface area contributed by atoms with Crippen LogP contribution in [0.4, 0.5) is 5.13 Å². The molecule has 0 amide bonds. The largest absolute Gasteiger partial charge is 0.384 e. The number of aromatic nitrogens is 2. The van der Waals surface area contributed by atoms with Crippen molar-refractivity contribution in [1.29, 1.82) is 0 Å². The van der Waals surface area contributed by atoms with Crippen LogP contribution in [0.3, 0.4) is 0 Å². The molecule has 3 atom stereocenters. The molecule has 0 N–H and O–H groups in total. The molecule has 1 saturated carbocycles. The summed E-state index contributed by atoms with van der Waals surface area (Å²) in [6, 6.07) is 0.726. The smallest absolute Gasteiger partial charge is 0.208 e. The Bertz CT molecular complexity index is 619. The van der Waals surface area contributed by atoms with Crippen molar-refractivity contribution in [3.8, 4) is 0 Å². The maximum Gasteiger partial charge on any atom is 0.208 e. The second-order valence-electron chi connectivity index (χ2n) is 8.86. The number of methoxy groups -OCH3 is 1. The molecule has 0 unspecified atom stereocenters. The van der Waals surface area contributed by atoms with Gasteiger partial charge in [-0.2, -0.15) is 0 Å². The van der Waals surface area contributed by atoms with E-state index in [0.717, 1.165) is 68.1 Å². The zero-order chi connectivity index (χ0) is 18.9. The first kappa shape index (κ1) is 19.6. The standard InChI is InChI=1S/C20H34N4O2S/c1-15(2)18-21-22-19(27-18)24-7-5-16-12-17(23-8-10-26-11-9-23)4-6-20(16,13-24)14-25-3/h15-17H,4-14H2,1-3H3/t16-,17-,20+/m1/s1. The van der Waals surface area contributed by atoms with Crippen LogP contribution in [-0.4, -0.2) is 74.2 Å². The highest BCUT2D eigenvalue weighted by Gasteiger charge is 2.48. The van der Waals surface area contributed by atoms with Crippen molar-refractivity contribution in [2.24, 2.45) is 11.3 Å². The number of anilines is 1. The van der Waals surface area contributed by atoms with E-state index in [1.54, 1.807) is 11.3 Å². The van der Waals surface area contributed by atoms with Gasteiger partial charge in [-0.05, 0) is 31.6 Å². The minimum atomic E-state index is 0.263. The summed E-state index contributed by atoms with van der Waals surface area (Å²) in [4.78, 5) is 5.15. The fourth-order valence-electron chi connectivity index (χ4n) is 5.31. The van der Waals surface area contributed by atoms with Gasteiger partial charge in [-0.1, -0.05) is 25.2 Å². The van der Waals surface area contributed by atoms with Crippen LogP contribution >= 0.6 is 11.3 Å². The lowest BCUT2D eigenvalue weighted by Gasteiger charge is -2.54. The monoisotopic (exact) mass is 394 g/mol.